The number of aryl methyl sites for hydroxylation is 3. The molecule has 27 heavy (non-hydrogen) atoms. The Hall–Kier alpha value is -2.66. The first kappa shape index (κ1) is 17.7. The molecule has 4 rings (SSSR count). The second-order valence-electron chi connectivity index (χ2n) is 6.91. The van der Waals surface area contributed by atoms with Gasteiger partial charge in [0.05, 0.1) is 22.8 Å². The molecule has 0 bridgehead atoms. The van der Waals surface area contributed by atoms with E-state index in [9.17, 15) is 0 Å². The molecular formula is C22H23N3OS. The van der Waals surface area contributed by atoms with E-state index < -0.39 is 0 Å². The van der Waals surface area contributed by atoms with Crippen molar-refractivity contribution >= 4 is 22.2 Å². The summed E-state index contributed by atoms with van der Waals surface area (Å²) in [5, 5.41) is 4.46. The Morgan fingerprint density at radius 1 is 1.04 bits per heavy atom. The van der Waals surface area contributed by atoms with Gasteiger partial charge < -0.3 is 9.30 Å². The Balaban J connectivity index is 1.72. The zero-order chi connectivity index (χ0) is 19.0. The minimum absolute atomic E-state index is 0.444. The lowest BCUT2D eigenvalue weighted by molar-refractivity contribution is 0.302. The minimum Gasteiger partial charge on any atom is -0.487 e. The first-order valence-corrected chi connectivity index (χ1v) is 9.94. The first-order valence-electron chi connectivity index (χ1n) is 9.06. The van der Waals surface area contributed by atoms with Gasteiger partial charge in [0, 0.05) is 22.7 Å². The van der Waals surface area contributed by atoms with Crippen molar-refractivity contribution in [2.24, 2.45) is 0 Å². The van der Waals surface area contributed by atoms with Crippen molar-refractivity contribution in [1.29, 1.82) is 0 Å². The van der Waals surface area contributed by atoms with E-state index >= 15 is 0 Å². The molecule has 3 heterocycles. The molecule has 0 unspecified atom stereocenters. The molecule has 1 aromatic carbocycles. The quantitative estimate of drug-likeness (QED) is 0.470. The van der Waals surface area contributed by atoms with Gasteiger partial charge in [-0.15, -0.1) is 11.3 Å². The van der Waals surface area contributed by atoms with Gasteiger partial charge in [0.25, 0.3) is 0 Å². The molecule has 3 aromatic heterocycles. The van der Waals surface area contributed by atoms with E-state index in [2.05, 4.69) is 58.9 Å². The average Bonchev–Trinajstić information content (AvgIpc) is 3.18. The number of thiazole rings is 1. The number of ether oxygens (including phenoxy) is 1. The van der Waals surface area contributed by atoms with Crippen molar-refractivity contribution in [3.63, 3.8) is 0 Å². The summed E-state index contributed by atoms with van der Waals surface area (Å²) in [4.78, 5) is 9.28. The summed E-state index contributed by atoms with van der Waals surface area (Å²) in [6.07, 6.45) is 1.87. The van der Waals surface area contributed by atoms with Crippen LogP contribution in [0.3, 0.4) is 0 Å². The molecule has 4 aromatic rings. The number of hydrogen-bond acceptors (Lipinski definition) is 4. The fourth-order valence-corrected chi connectivity index (χ4v) is 4.00. The van der Waals surface area contributed by atoms with Crippen LogP contribution in [0, 0.1) is 27.7 Å². The lowest BCUT2D eigenvalue weighted by atomic mass is 10.2. The molecule has 0 saturated heterocycles. The van der Waals surface area contributed by atoms with Crippen molar-refractivity contribution in [1.82, 2.24) is 14.5 Å². The van der Waals surface area contributed by atoms with E-state index in [1.807, 2.05) is 25.3 Å². The van der Waals surface area contributed by atoms with Gasteiger partial charge in [-0.25, -0.2) is 4.98 Å². The Labute approximate surface area is 163 Å². The van der Waals surface area contributed by atoms with Gasteiger partial charge in [-0.1, -0.05) is 17.7 Å². The number of pyridine rings is 1. The maximum absolute atomic E-state index is 6.02. The average molecular weight is 378 g/mol. The summed E-state index contributed by atoms with van der Waals surface area (Å²) in [6.45, 7) is 9.65. The van der Waals surface area contributed by atoms with Crippen LogP contribution < -0.4 is 4.74 Å². The van der Waals surface area contributed by atoms with Crippen LogP contribution in [0.5, 0.6) is 5.75 Å². The first-order chi connectivity index (χ1) is 13.0. The maximum atomic E-state index is 6.02. The summed E-state index contributed by atoms with van der Waals surface area (Å²) < 4.78 is 8.34. The van der Waals surface area contributed by atoms with E-state index in [1.165, 1.54) is 22.2 Å². The van der Waals surface area contributed by atoms with E-state index in [-0.39, 0.29) is 0 Å². The highest BCUT2D eigenvalue weighted by Gasteiger charge is 2.16. The van der Waals surface area contributed by atoms with E-state index in [4.69, 9.17) is 4.74 Å². The SMILES string of the molecule is Cc1ccc(OCc2nccc3c(C)c(C)n(Cc4csc(C)n4)c23)cc1. The summed E-state index contributed by atoms with van der Waals surface area (Å²) in [5.41, 5.74) is 6.95. The van der Waals surface area contributed by atoms with Gasteiger partial charge in [-0.3, -0.25) is 4.98 Å². The molecule has 0 N–H and O–H groups in total. The Kier molecular flexibility index (Phi) is 4.70. The van der Waals surface area contributed by atoms with Gasteiger partial charge >= 0.3 is 0 Å². The lowest BCUT2D eigenvalue weighted by Crippen LogP contribution is -2.07. The second kappa shape index (κ2) is 7.16. The highest BCUT2D eigenvalue weighted by atomic mass is 32.1. The fraction of sp³-hybridized carbons (Fsp3) is 0.273. The Bertz CT molecular complexity index is 1090. The van der Waals surface area contributed by atoms with Gasteiger partial charge in [0.1, 0.15) is 18.1 Å². The topological polar surface area (TPSA) is 39.9 Å². The molecule has 0 aliphatic rings. The molecule has 0 fully saturated rings. The van der Waals surface area contributed by atoms with E-state index in [0.29, 0.717) is 6.61 Å². The molecule has 0 atom stereocenters. The number of hydrogen-bond donors (Lipinski definition) is 0. The van der Waals surface area contributed by atoms with Crippen molar-refractivity contribution in [2.45, 2.75) is 40.8 Å². The fourth-order valence-electron chi connectivity index (χ4n) is 3.40. The van der Waals surface area contributed by atoms with Crippen LogP contribution in [0.1, 0.15) is 33.2 Å². The van der Waals surface area contributed by atoms with Crippen LogP contribution >= 0.6 is 11.3 Å². The largest absolute Gasteiger partial charge is 0.487 e. The van der Waals surface area contributed by atoms with Gasteiger partial charge in [-0.2, -0.15) is 0 Å². The van der Waals surface area contributed by atoms with Crippen LogP contribution in [0.4, 0.5) is 0 Å². The molecule has 0 amide bonds. The summed E-state index contributed by atoms with van der Waals surface area (Å²) >= 11 is 1.69. The van der Waals surface area contributed by atoms with Gasteiger partial charge in [0.2, 0.25) is 0 Å². The maximum Gasteiger partial charge on any atom is 0.132 e. The van der Waals surface area contributed by atoms with Gasteiger partial charge in [0.15, 0.2) is 0 Å². The number of aromatic nitrogens is 3. The number of fused-ring (bicyclic) bond motifs is 1. The molecule has 0 aliphatic heterocycles. The summed E-state index contributed by atoms with van der Waals surface area (Å²) in [7, 11) is 0. The predicted molar refractivity (Wildman–Crippen MR) is 111 cm³/mol. The molecular weight excluding hydrogens is 354 g/mol. The minimum atomic E-state index is 0.444. The molecule has 138 valence electrons. The van der Waals surface area contributed by atoms with Crippen LogP contribution in [0.15, 0.2) is 41.9 Å². The zero-order valence-corrected chi connectivity index (χ0v) is 16.9. The number of benzene rings is 1. The van der Waals surface area contributed by atoms with Crippen molar-refractivity contribution < 1.29 is 4.74 Å². The molecule has 0 aliphatic carbocycles. The van der Waals surface area contributed by atoms with Gasteiger partial charge in [-0.05, 0) is 51.5 Å². The standard InChI is InChI=1S/C22H23N3OS/c1-14-5-7-19(8-6-14)26-12-21-22-20(9-10-23-21)15(2)16(3)25(22)11-18-13-27-17(4)24-18/h5-10,13H,11-12H2,1-4H3. The molecule has 0 radical (unpaired) electrons. The monoisotopic (exact) mass is 377 g/mol. The van der Waals surface area contributed by atoms with E-state index in [0.717, 1.165) is 34.2 Å². The Morgan fingerprint density at radius 3 is 2.52 bits per heavy atom. The smallest absolute Gasteiger partial charge is 0.132 e. The highest BCUT2D eigenvalue weighted by Crippen LogP contribution is 2.29. The van der Waals surface area contributed by atoms with E-state index in [1.54, 1.807) is 11.3 Å². The lowest BCUT2D eigenvalue weighted by Gasteiger charge is -2.11. The summed E-state index contributed by atoms with van der Waals surface area (Å²) in [6, 6.07) is 10.2. The normalized spacial score (nSPS) is 11.3. The third-order valence-electron chi connectivity index (χ3n) is 5.00. The van der Waals surface area contributed by atoms with Crippen LogP contribution in [-0.4, -0.2) is 14.5 Å². The zero-order valence-electron chi connectivity index (χ0n) is 16.1. The molecule has 4 nitrogen and oxygen atoms in total. The third-order valence-corrected chi connectivity index (χ3v) is 5.83. The van der Waals surface area contributed by atoms with Crippen LogP contribution in [-0.2, 0) is 13.2 Å². The summed E-state index contributed by atoms with van der Waals surface area (Å²) in [5.74, 6) is 0.862. The number of rotatable bonds is 5. The van der Waals surface area contributed by atoms with Crippen molar-refractivity contribution in [3.05, 3.63) is 75.1 Å². The number of nitrogens with zero attached hydrogens (tertiary/aromatic N) is 3. The predicted octanol–water partition coefficient (Wildman–Crippen LogP) is 5.35. The van der Waals surface area contributed by atoms with Crippen molar-refractivity contribution in [2.75, 3.05) is 0 Å². The molecule has 0 spiro atoms. The van der Waals surface area contributed by atoms with Crippen LogP contribution in [0.2, 0.25) is 0 Å². The second-order valence-corrected chi connectivity index (χ2v) is 7.97. The molecule has 5 heteroatoms. The third kappa shape index (κ3) is 3.47. The highest BCUT2D eigenvalue weighted by molar-refractivity contribution is 7.09. The van der Waals surface area contributed by atoms with Crippen LogP contribution in [0.25, 0.3) is 10.9 Å². The Morgan fingerprint density at radius 2 is 1.81 bits per heavy atom. The van der Waals surface area contributed by atoms with Crippen molar-refractivity contribution in [3.8, 4) is 5.75 Å². The molecule has 0 saturated carbocycles.